The van der Waals surface area contributed by atoms with Crippen molar-refractivity contribution in [3.63, 3.8) is 0 Å². The van der Waals surface area contributed by atoms with Gasteiger partial charge in [0.25, 0.3) is 0 Å². The fraction of sp³-hybridized carbons (Fsp3) is 0.368. The smallest absolute Gasteiger partial charge is 0.339 e. The predicted molar refractivity (Wildman–Crippen MR) is 102 cm³/mol. The van der Waals surface area contributed by atoms with Crippen LogP contribution in [0.3, 0.4) is 0 Å². The number of urea groups is 1. The lowest BCUT2D eigenvalue weighted by Gasteiger charge is -2.23. The van der Waals surface area contributed by atoms with Crippen LogP contribution >= 0.6 is 0 Å². The number of amides is 2. The van der Waals surface area contributed by atoms with Crippen molar-refractivity contribution in [2.75, 3.05) is 43.0 Å². The van der Waals surface area contributed by atoms with Gasteiger partial charge in [0, 0.05) is 38.6 Å². The van der Waals surface area contributed by atoms with Gasteiger partial charge in [-0.3, -0.25) is 4.98 Å². The molecule has 0 aliphatic carbocycles. The summed E-state index contributed by atoms with van der Waals surface area (Å²) >= 11 is 0. The largest absolute Gasteiger partial charge is 0.462 e. The Morgan fingerprint density at radius 1 is 1.15 bits per heavy atom. The number of anilines is 2. The third-order valence-corrected chi connectivity index (χ3v) is 4.28. The monoisotopic (exact) mass is 369 g/mol. The molecule has 0 spiro atoms. The van der Waals surface area contributed by atoms with Crippen molar-refractivity contribution >= 4 is 23.5 Å². The van der Waals surface area contributed by atoms with E-state index >= 15 is 0 Å². The minimum Gasteiger partial charge on any atom is -0.462 e. The number of carbonyl (C=O) groups is 2. The van der Waals surface area contributed by atoms with E-state index in [4.69, 9.17) is 4.74 Å². The quantitative estimate of drug-likeness (QED) is 0.833. The van der Waals surface area contributed by atoms with Crippen LogP contribution in [-0.4, -0.2) is 59.7 Å². The van der Waals surface area contributed by atoms with E-state index in [0.29, 0.717) is 37.5 Å². The summed E-state index contributed by atoms with van der Waals surface area (Å²) in [6, 6.07) is 7.00. The highest BCUT2D eigenvalue weighted by molar-refractivity contribution is 5.89. The number of hydrogen-bond acceptors (Lipinski definition) is 6. The Kier molecular flexibility index (Phi) is 6.19. The van der Waals surface area contributed by atoms with Gasteiger partial charge in [0.2, 0.25) is 0 Å². The predicted octanol–water partition coefficient (Wildman–Crippen LogP) is 2.40. The highest BCUT2D eigenvalue weighted by Crippen LogP contribution is 2.15. The minimum absolute atomic E-state index is 0.129. The minimum atomic E-state index is -0.370. The van der Waals surface area contributed by atoms with Crippen molar-refractivity contribution < 1.29 is 14.3 Å². The van der Waals surface area contributed by atoms with Crippen LogP contribution in [0.5, 0.6) is 0 Å². The van der Waals surface area contributed by atoms with Crippen LogP contribution in [-0.2, 0) is 4.74 Å². The number of carbonyl (C=O) groups excluding carboxylic acids is 2. The molecular formula is C19H23N5O3. The molecule has 3 rings (SSSR count). The summed E-state index contributed by atoms with van der Waals surface area (Å²) in [6.07, 6.45) is 5.66. The molecule has 2 aromatic heterocycles. The second-order valence-electron chi connectivity index (χ2n) is 6.13. The maximum absolute atomic E-state index is 12.4. The van der Waals surface area contributed by atoms with Crippen LogP contribution < -0.4 is 10.2 Å². The summed E-state index contributed by atoms with van der Waals surface area (Å²) in [5.74, 6) is 0.420. The zero-order valence-corrected chi connectivity index (χ0v) is 15.3. The fourth-order valence-corrected chi connectivity index (χ4v) is 2.90. The van der Waals surface area contributed by atoms with Gasteiger partial charge in [0.1, 0.15) is 5.82 Å². The number of aromatic nitrogens is 2. The third-order valence-electron chi connectivity index (χ3n) is 4.28. The molecule has 0 bridgehead atoms. The van der Waals surface area contributed by atoms with Gasteiger partial charge in [0.05, 0.1) is 24.1 Å². The third kappa shape index (κ3) is 4.93. The molecule has 2 aromatic rings. The maximum atomic E-state index is 12.4. The average molecular weight is 369 g/mol. The normalized spacial score (nSPS) is 14.4. The molecule has 0 atom stereocenters. The Morgan fingerprint density at radius 3 is 2.74 bits per heavy atom. The first-order chi connectivity index (χ1) is 13.2. The molecule has 0 aromatic carbocycles. The maximum Gasteiger partial charge on any atom is 0.339 e. The molecule has 2 amide bonds. The van der Waals surface area contributed by atoms with Gasteiger partial charge < -0.3 is 19.9 Å². The molecule has 0 unspecified atom stereocenters. The lowest BCUT2D eigenvalue weighted by molar-refractivity contribution is 0.0526. The Hall–Kier alpha value is -3.16. The molecule has 142 valence electrons. The zero-order chi connectivity index (χ0) is 19.1. The summed E-state index contributed by atoms with van der Waals surface area (Å²) in [7, 11) is 0. The Balaban J connectivity index is 1.58. The van der Waals surface area contributed by atoms with E-state index in [9.17, 15) is 9.59 Å². The van der Waals surface area contributed by atoms with Crippen molar-refractivity contribution in [2.45, 2.75) is 13.3 Å². The first-order valence-corrected chi connectivity index (χ1v) is 9.01. The average Bonchev–Trinajstić information content (AvgIpc) is 2.95. The van der Waals surface area contributed by atoms with E-state index in [1.165, 1.54) is 6.20 Å². The Bertz CT molecular complexity index is 767. The molecule has 8 nitrogen and oxygen atoms in total. The number of rotatable bonds is 4. The van der Waals surface area contributed by atoms with E-state index in [2.05, 4.69) is 20.2 Å². The van der Waals surface area contributed by atoms with Crippen molar-refractivity contribution in [1.82, 2.24) is 14.9 Å². The van der Waals surface area contributed by atoms with Gasteiger partial charge in [0.15, 0.2) is 0 Å². The van der Waals surface area contributed by atoms with Gasteiger partial charge in [-0.1, -0.05) is 0 Å². The van der Waals surface area contributed by atoms with Crippen molar-refractivity contribution in [2.24, 2.45) is 0 Å². The number of hydrogen-bond donors (Lipinski definition) is 1. The van der Waals surface area contributed by atoms with Crippen molar-refractivity contribution in [3.8, 4) is 0 Å². The Morgan fingerprint density at radius 2 is 2.04 bits per heavy atom. The summed E-state index contributed by atoms with van der Waals surface area (Å²) in [5, 5.41) is 2.86. The van der Waals surface area contributed by atoms with E-state index < -0.39 is 0 Å². The van der Waals surface area contributed by atoms with E-state index in [-0.39, 0.29) is 12.0 Å². The molecular weight excluding hydrogens is 346 g/mol. The summed E-state index contributed by atoms with van der Waals surface area (Å²) < 4.78 is 4.97. The summed E-state index contributed by atoms with van der Waals surface area (Å²) in [4.78, 5) is 36.5. The lowest BCUT2D eigenvalue weighted by atomic mass is 10.2. The fourth-order valence-electron chi connectivity index (χ4n) is 2.90. The van der Waals surface area contributed by atoms with Crippen LogP contribution in [0.1, 0.15) is 23.7 Å². The molecule has 0 radical (unpaired) electrons. The topological polar surface area (TPSA) is 87.7 Å². The van der Waals surface area contributed by atoms with Gasteiger partial charge in [-0.2, -0.15) is 0 Å². The van der Waals surface area contributed by atoms with Gasteiger partial charge in [-0.15, -0.1) is 0 Å². The molecule has 0 saturated carbocycles. The molecule has 1 N–H and O–H groups in total. The van der Waals surface area contributed by atoms with Gasteiger partial charge >= 0.3 is 12.0 Å². The van der Waals surface area contributed by atoms with Crippen LogP contribution in [0.15, 0.2) is 42.9 Å². The van der Waals surface area contributed by atoms with Gasteiger partial charge in [-0.05, 0) is 37.6 Å². The number of esters is 1. The molecule has 3 heterocycles. The second kappa shape index (κ2) is 8.98. The highest BCUT2D eigenvalue weighted by Gasteiger charge is 2.20. The number of nitrogens with zero attached hydrogens (tertiary/aromatic N) is 4. The van der Waals surface area contributed by atoms with Crippen molar-refractivity contribution in [3.05, 3.63) is 48.4 Å². The second-order valence-corrected chi connectivity index (χ2v) is 6.13. The molecule has 27 heavy (non-hydrogen) atoms. The van der Waals surface area contributed by atoms with Crippen LogP contribution in [0.25, 0.3) is 0 Å². The van der Waals surface area contributed by atoms with Crippen LogP contribution in [0.4, 0.5) is 16.3 Å². The first kappa shape index (κ1) is 18.6. The lowest BCUT2D eigenvalue weighted by Crippen LogP contribution is -2.38. The number of ether oxygens (including phenoxy) is 1. The molecule has 1 aliphatic heterocycles. The number of nitrogens with one attached hydrogen (secondary N) is 1. The Labute approximate surface area is 158 Å². The summed E-state index contributed by atoms with van der Waals surface area (Å²) in [6.45, 7) is 4.84. The SMILES string of the molecule is CCOC(=O)c1ccc(N2CCCN(C(=O)Nc3cccnc3)CC2)nc1. The van der Waals surface area contributed by atoms with E-state index in [1.807, 2.05) is 12.1 Å². The van der Waals surface area contributed by atoms with Crippen molar-refractivity contribution in [1.29, 1.82) is 0 Å². The molecule has 1 saturated heterocycles. The highest BCUT2D eigenvalue weighted by atomic mass is 16.5. The molecule has 1 aliphatic rings. The van der Waals surface area contributed by atoms with E-state index in [1.54, 1.807) is 36.4 Å². The van der Waals surface area contributed by atoms with Gasteiger partial charge in [-0.25, -0.2) is 14.6 Å². The van der Waals surface area contributed by atoms with Crippen LogP contribution in [0.2, 0.25) is 0 Å². The zero-order valence-electron chi connectivity index (χ0n) is 15.3. The number of pyridine rings is 2. The molecule has 8 heteroatoms. The first-order valence-electron chi connectivity index (χ1n) is 9.01. The van der Waals surface area contributed by atoms with E-state index in [0.717, 1.165) is 18.8 Å². The van der Waals surface area contributed by atoms with Crippen LogP contribution in [0, 0.1) is 0 Å². The standard InChI is InChI=1S/C19H23N5O3/c1-2-27-18(25)15-6-7-17(21-13-15)23-9-4-10-24(12-11-23)19(26)22-16-5-3-8-20-14-16/h3,5-8,13-14H,2,4,9-12H2,1H3,(H,22,26). The molecule has 1 fully saturated rings. The summed E-state index contributed by atoms with van der Waals surface area (Å²) in [5.41, 5.74) is 1.12.